The van der Waals surface area contributed by atoms with E-state index in [1.807, 2.05) is 48.6 Å². The molecule has 2 aliphatic rings. The molecule has 2 nitrogen and oxygen atoms in total. The minimum absolute atomic E-state index is 0. The van der Waals surface area contributed by atoms with E-state index in [2.05, 4.69) is 0 Å². The second-order valence-electron chi connectivity index (χ2n) is 3.52. The normalized spacial score (nSPS) is 14.5. The number of hydrogen-bond donors (Lipinski definition) is 2. The van der Waals surface area contributed by atoms with Gasteiger partial charge in [-0.15, -0.1) is 0 Å². The van der Waals surface area contributed by atoms with E-state index in [0.29, 0.717) is 11.5 Å². The summed E-state index contributed by atoms with van der Waals surface area (Å²) in [7, 11) is 0. The van der Waals surface area contributed by atoms with Gasteiger partial charge in [-0.05, 0) is 13.8 Å². The van der Waals surface area contributed by atoms with Crippen LogP contribution in [0.25, 0.3) is 0 Å². The zero-order valence-electron chi connectivity index (χ0n) is 9.87. The van der Waals surface area contributed by atoms with E-state index in [4.69, 9.17) is 10.2 Å². The summed E-state index contributed by atoms with van der Waals surface area (Å²) in [5.41, 5.74) is 1.81. The molecule has 2 N–H and O–H groups in total. The van der Waals surface area contributed by atoms with E-state index in [9.17, 15) is 0 Å². The average molecular weight is 317 g/mol. The Morgan fingerprint density at radius 1 is 0.706 bits per heavy atom. The van der Waals surface area contributed by atoms with Crippen molar-refractivity contribution in [3.63, 3.8) is 0 Å². The second-order valence-corrected chi connectivity index (χ2v) is 3.52. The van der Waals surface area contributed by atoms with Gasteiger partial charge < -0.3 is 10.2 Å². The molecule has 0 heterocycles. The molecule has 3 heteroatoms. The first-order chi connectivity index (χ1) is 7.61. The van der Waals surface area contributed by atoms with E-state index in [0.717, 1.165) is 11.1 Å². The Morgan fingerprint density at radius 3 is 1.06 bits per heavy atom. The largest absolute Gasteiger partial charge is 0.512 e. The first kappa shape index (κ1) is 15.7. The molecule has 0 atom stereocenters. The first-order valence-electron chi connectivity index (χ1n) is 5.10. The zero-order valence-corrected chi connectivity index (χ0v) is 11.6. The molecule has 0 unspecified atom stereocenters. The van der Waals surface area contributed by atoms with Crippen molar-refractivity contribution in [1.82, 2.24) is 0 Å². The molecule has 2 aliphatic carbocycles. The Bertz CT molecular complexity index is 357. The summed E-state index contributed by atoms with van der Waals surface area (Å²) >= 11 is 0. The number of hydrogen-bond acceptors (Lipinski definition) is 2. The summed E-state index contributed by atoms with van der Waals surface area (Å²) in [6.45, 7) is 3.35. The van der Waals surface area contributed by atoms with Crippen LogP contribution in [-0.4, -0.2) is 10.2 Å². The van der Waals surface area contributed by atoms with Crippen molar-refractivity contribution in [1.29, 1.82) is 0 Å². The SMILES string of the molecule is CC(O)=C1C=CC=C1.CC(O)=C1C=CC=C1.[Ru]. The van der Waals surface area contributed by atoms with Crippen molar-refractivity contribution in [2.24, 2.45) is 0 Å². The minimum atomic E-state index is 0. The second kappa shape index (κ2) is 7.86. The molecule has 0 spiro atoms. The van der Waals surface area contributed by atoms with E-state index >= 15 is 0 Å². The summed E-state index contributed by atoms with van der Waals surface area (Å²) in [5.74, 6) is 0.769. The third-order valence-corrected chi connectivity index (χ3v) is 2.16. The number of rotatable bonds is 0. The van der Waals surface area contributed by atoms with Crippen LogP contribution < -0.4 is 0 Å². The van der Waals surface area contributed by atoms with Gasteiger partial charge in [-0.2, -0.15) is 0 Å². The van der Waals surface area contributed by atoms with Crippen LogP contribution in [0.4, 0.5) is 0 Å². The van der Waals surface area contributed by atoms with Crippen LogP contribution in [0.3, 0.4) is 0 Å². The molecule has 0 bridgehead atoms. The summed E-state index contributed by atoms with van der Waals surface area (Å²) in [5, 5.41) is 17.7. The van der Waals surface area contributed by atoms with Gasteiger partial charge in [-0.1, -0.05) is 48.6 Å². The fourth-order valence-corrected chi connectivity index (χ4v) is 1.23. The Hall–Kier alpha value is -1.34. The van der Waals surface area contributed by atoms with Crippen LogP contribution in [0, 0.1) is 0 Å². The van der Waals surface area contributed by atoms with E-state index < -0.39 is 0 Å². The summed E-state index contributed by atoms with van der Waals surface area (Å²) in [6, 6.07) is 0. The molecule has 0 aliphatic heterocycles. The fraction of sp³-hybridized carbons (Fsp3) is 0.143. The molecule has 92 valence electrons. The number of aliphatic hydroxyl groups is 2. The Balaban J connectivity index is 0.000000284. The molecule has 0 fully saturated rings. The smallest absolute Gasteiger partial charge is 0.0963 e. The maximum atomic E-state index is 8.83. The molecule has 0 amide bonds. The molecule has 0 saturated heterocycles. The molecule has 0 radical (unpaired) electrons. The molecular weight excluding hydrogens is 301 g/mol. The van der Waals surface area contributed by atoms with Gasteiger partial charge in [0.1, 0.15) is 0 Å². The first-order valence-corrected chi connectivity index (χ1v) is 5.10. The van der Waals surface area contributed by atoms with Crippen LogP contribution in [0.2, 0.25) is 0 Å². The molecule has 0 aromatic carbocycles. The quantitative estimate of drug-likeness (QED) is 0.526. The third kappa shape index (κ3) is 5.51. The zero-order chi connectivity index (χ0) is 12.0. The van der Waals surface area contributed by atoms with Gasteiger partial charge >= 0.3 is 0 Å². The summed E-state index contributed by atoms with van der Waals surface area (Å²) < 4.78 is 0. The fourth-order valence-electron chi connectivity index (χ4n) is 1.23. The maximum absolute atomic E-state index is 8.83. The topological polar surface area (TPSA) is 40.5 Å². The Morgan fingerprint density at radius 2 is 0.941 bits per heavy atom. The predicted octanol–water partition coefficient (Wildman–Crippen LogP) is 3.89. The average Bonchev–Trinajstić information content (AvgIpc) is 2.93. The standard InChI is InChI=1S/2C7H8O.Ru/c2*1-6(8)7-4-2-3-5-7;/h2*2-5,8H,1H3;. The summed E-state index contributed by atoms with van der Waals surface area (Å²) in [6.07, 6.45) is 15.1. The third-order valence-electron chi connectivity index (χ3n) is 2.16. The molecular formula is C14H16O2Ru. The van der Waals surface area contributed by atoms with Crippen LogP contribution in [0.1, 0.15) is 13.8 Å². The van der Waals surface area contributed by atoms with Crippen molar-refractivity contribution in [2.75, 3.05) is 0 Å². The minimum Gasteiger partial charge on any atom is -0.512 e. The molecule has 0 aromatic heterocycles. The van der Waals surface area contributed by atoms with Crippen LogP contribution in [-0.2, 0) is 19.5 Å². The van der Waals surface area contributed by atoms with Crippen molar-refractivity contribution in [2.45, 2.75) is 13.8 Å². The van der Waals surface area contributed by atoms with Gasteiger partial charge in [0.2, 0.25) is 0 Å². The predicted molar refractivity (Wildman–Crippen MR) is 67.2 cm³/mol. The van der Waals surface area contributed by atoms with Crippen molar-refractivity contribution in [3.05, 3.63) is 71.3 Å². The van der Waals surface area contributed by atoms with Crippen molar-refractivity contribution < 1.29 is 29.7 Å². The van der Waals surface area contributed by atoms with Gasteiger partial charge in [0.15, 0.2) is 0 Å². The van der Waals surface area contributed by atoms with Crippen LogP contribution in [0.5, 0.6) is 0 Å². The maximum Gasteiger partial charge on any atom is 0.0963 e. The van der Waals surface area contributed by atoms with Gasteiger partial charge in [-0.25, -0.2) is 0 Å². The van der Waals surface area contributed by atoms with Crippen molar-refractivity contribution >= 4 is 0 Å². The molecule has 2 rings (SSSR count). The van der Waals surface area contributed by atoms with Gasteiger partial charge in [-0.3, -0.25) is 0 Å². The van der Waals surface area contributed by atoms with Gasteiger partial charge in [0, 0.05) is 30.6 Å². The Kier molecular flexibility index (Phi) is 7.24. The number of allylic oxidation sites excluding steroid dienone is 12. The molecule has 0 aromatic rings. The van der Waals surface area contributed by atoms with Crippen molar-refractivity contribution in [3.8, 4) is 0 Å². The van der Waals surface area contributed by atoms with Crippen LogP contribution in [0.15, 0.2) is 71.3 Å². The van der Waals surface area contributed by atoms with Gasteiger partial charge in [0.25, 0.3) is 0 Å². The summed E-state index contributed by atoms with van der Waals surface area (Å²) in [4.78, 5) is 0. The monoisotopic (exact) mass is 318 g/mol. The number of aliphatic hydroxyl groups excluding tert-OH is 2. The Labute approximate surface area is 115 Å². The molecule has 17 heavy (non-hydrogen) atoms. The van der Waals surface area contributed by atoms with E-state index in [-0.39, 0.29) is 19.5 Å². The molecule has 0 saturated carbocycles. The van der Waals surface area contributed by atoms with E-state index in [1.54, 1.807) is 13.8 Å². The van der Waals surface area contributed by atoms with Gasteiger partial charge in [0.05, 0.1) is 11.5 Å². The van der Waals surface area contributed by atoms with Crippen LogP contribution >= 0.6 is 0 Å². The van der Waals surface area contributed by atoms with E-state index in [1.165, 1.54) is 0 Å².